The Labute approximate surface area is 68.7 Å². The van der Waals surface area contributed by atoms with E-state index in [9.17, 15) is 18.0 Å². The van der Waals surface area contributed by atoms with Crippen molar-refractivity contribution in [1.29, 1.82) is 0 Å². The standard InChI is InChI=1S/C7H11F3O2/c1-6(2,3)5(11)12-4-7(8,9)10/h4H2,1-3H3. The van der Waals surface area contributed by atoms with Crippen LogP contribution in [0.4, 0.5) is 13.2 Å². The molecule has 0 fully saturated rings. The molecule has 5 heteroatoms. The van der Waals surface area contributed by atoms with E-state index in [-0.39, 0.29) is 0 Å². The molecule has 0 aromatic rings. The number of alkyl halides is 3. The Balaban J connectivity index is 3.90. The summed E-state index contributed by atoms with van der Waals surface area (Å²) in [6, 6.07) is 0. The SMILES string of the molecule is CC(C)(C)C(=O)OCC(F)(F)F. The highest BCUT2D eigenvalue weighted by atomic mass is 19.4. The molecule has 0 bridgehead atoms. The van der Waals surface area contributed by atoms with Gasteiger partial charge in [0.2, 0.25) is 0 Å². The Morgan fingerprint density at radius 3 is 1.92 bits per heavy atom. The third-order valence-electron chi connectivity index (χ3n) is 0.979. The van der Waals surface area contributed by atoms with Crippen LogP contribution >= 0.6 is 0 Å². The molecule has 0 radical (unpaired) electrons. The fraction of sp³-hybridized carbons (Fsp3) is 0.857. The van der Waals surface area contributed by atoms with E-state index in [1.54, 1.807) is 0 Å². The molecule has 0 spiro atoms. The van der Waals surface area contributed by atoms with Crippen molar-refractivity contribution in [2.75, 3.05) is 6.61 Å². The maximum absolute atomic E-state index is 11.5. The van der Waals surface area contributed by atoms with Crippen LogP contribution in [0.25, 0.3) is 0 Å². The molecule has 0 N–H and O–H groups in total. The number of rotatable bonds is 1. The van der Waals surface area contributed by atoms with E-state index in [2.05, 4.69) is 4.74 Å². The Morgan fingerprint density at radius 2 is 1.67 bits per heavy atom. The molecular formula is C7H11F3O2. The van der Waals surface area contributed by atoms with Crippen LogP contribution in [0.15, 0.2) is 0 Å². The maximum atomic E-state index is 11.5. The van der Waals surface area contributed by atoms with Gasteiger partial charge in [-0.25, -0.2) is 0 Å². The van der Waals surface area contributed by atoms with Gasteiger partial charge in [-0.15, -0.1) is 0 Å². The zero-order valence-electron chi connectivity index (χ0n) is 7.16. The maximum Gasteiger partial charge on any atom is 0.422 e. The van der Waals surface area contributed by atoms with Crippen molar-refractivity contribution < 1.29 is 22.7 Å². The molecule has 0 aliphatic heterocycles. The third-order valence-corrected chi connectivity index (χ3v) is 0.979. The second-order valence-corrected chi connectivity index (χ2v) is 3.44. The lowest BCUT2D eigenvalue weighted by molar-refractivity contribution is -0.191. The lowest BCUT2D eigenvalue weighted by Crippen LogP contribution is -2.28. The predicted octanol–water partition coefficient (Wildman–Crippen LogP) is 2.14. The fourth-order valence-corrected chi connectivity index (χ4v) is 0.364. The van der Waals surface area contributed by atoms with Crippen molar-refractivity contribution in [3.05, 3.63) is 0 Å². The van der Waals surface area contributed by atoms with Gasteiger partial charge in [-0.1, -0.05) is 0 Å². The van der Waals surface area contributed by atoms with E-state index in [4.69, 9.17) is 0 Å². The summed E-state index contributed by atoms with van der Waals surface area (Å²) in [5.41, 5.74) is -0.884. The highest BCUT2D eigenvalue weighted by molar-refractivity contribution is 5.75. The number of esters is 1. The minimum atomic E-state index is -4.44. The number of hydrogen-bond donors (Lipinski definition) is 0. The van der Waals surface area contributed by atoms with Crippen LogP contribution in [0.2, 0.25) is 0 Å². The minimum absolute atomic E-state index is 0.847. The van der Waals surface area contributed by atoms with Crippen LogP contribution in [-0.2, 0) is 9.53 Å². The molecule has 0 atom stereocenters. The van der Waals surface area contributed by atoms with Gasteiger partial charge in [-0.3, -0.25) is 4.79 Å². The van der Waals surface area contributed by atoms with Crippen molar-refractivity contribution in [2.45, 2.75) is 26.9 Å². The molecule has 0 saturated heterocycles. The van der Waals surface area contributed by atoms with E-state index >= 15 is 0 Å². The van der Waals surface area contributed by atoms with Crippen molar-refractivity contribution in [3.8, 4) is 0 Å². The zero-order chi connectivity index (χ0) is 9.99. The summed E-state index contributed by atoms with van der Waals surface area (Å²) in [7, 11) is 0. The molecule has 0 rings (SSSR count). The second kappa shape index (κ2) is 3.33. The normalized spacial score (nSPS) is 12.8. The highest BCUT2D eigenvalue weighted by Crippen LogP contribution is 2.19. The minimum Gasteiger partial charge on any atom is -0.456 e. The van der Waals surface area contributed by atoms with Crippen LogP contribution in [0.3, 0.4) is 0 Å². The molecule has 0 amide bonds. The Bertz CT molecular complexity index is 166. The average Bonchev–Trinajstić information content (AvgIpc) is 1.78. The van der Waals surface area contributed by atoms with Gasteiger partial charge in [0.15, 0.2) is 6.61 Å². The van der Waals surface area contributed by atoms with Crippen LogP contribution < -0.4 is 0 Å². The summed E-state index contributed by atoms with van der Waals surface area (Å²) in [5, 5.41) is 0. The smallest absolute Gasteiger partial charge is 0.422 e. The lowest BCUT2D eigenvalue weighted by Gasteiger charge is -2.17. The first kappa shape index (κ1) is 11.3. The summed E-state index contributed by atoms with van der Waals surface area (Å²) in [6.07, 6.45) is -4.44. The molecule has 0 heterocycles. The second-order valence-electron chi connectivity index (χ2n) is 3.44. The summed E-state index contributed by atoms with van der Waals surface area (Å²) < 4.78 is 38.6. The van der Waals surface area contributed by atoms with Crippen molar-refractivity contribution in [1.82, 2.24) is 0 Å². The van der Waals surface area contributed by atoms with Crippen LogP contribution in [0.1, 0.15) is 20.8 Å². The number of hydrogen-bond acceptors (Lipinski definition) is 2. The van der Waals surface area contributed by atoms with Crippen molar-refractivity contribution in [3.63, 3.8) is 0 Å². The van der Waals surface area contributed by atoms with Gasteiger partial charge in [-0.05, 0) is 20.8 Å². The molecule has 12 heavy (non-hydrogen) atoms. The summed E-state index contributed by atoms with van der Waals surface area (Å²) in [5.74, 6) is -0.847. The number of carbonyl (C=O) groups is 1. The molecule has 0 unspecified atom stereocenters. The van der Waals surface area contributed by atoms with Crippen LogP contribution in [0, 0.1) is 5.41 Å². The van der Waals surface area contributed by atoms with Gasteiger partial charge in [-0.2, -0.15) is 13.2 Å². The fourth-order valence-electron chi connectivity index (χ4n) is 0.364. The van der Waals surface area contributed by atoms with E-state index in [0.717, 1.165) is 0 Å². The summed E-state index contributed by atoms with van der Waals surface area (Å²) in [4.78, 5) is 10.8. The van der Waals surface area contributed by atoms with Gasteiger partial charge in [0.05, 0.1) is 5.41 Å². The van der Waals surface area contributed by atoms with Crippen molar-refractivity contribution in [2.24, 2.45) is 5.41 Å². The Morgan fingerprint density at radius 1 is 1.25 bits per heavy atom. The highest BCUT2D eigenvalue weighted by Gasteiger charge is 2.32. The van der Waals surface area contributed by atoms with E-state index in [1.165, 1.54) is 20.8 Å². The summed E-state index contributed by atoms with van der Waals surface area (Å²) >= 11 is 0. The first-order valence-corrected chi connectivity index (χ1v) is 3.37. The average molecular weight is 184 g/mol. The molecule has 0 saturated carbocycles. The van der Waals surface area contributed by atoms with Crippen molar-refractivity contribution >= 4 is 5.97 Å². The summed E-state index contributed by atoms with van der Waals surface area (Å²) in [6.45, 7) is 2.96. The molecule has 2 nitrogen and oxygen atoms in total. The zero-order valence-corrected chi connectivity index (χ0v) is 7.16. The van der Waals surface area contributed by atoms with E-state index in [0.29, 0.717) is 0 Å². The van der Waals surface area contributed by atoms with E-state index < -0.39 is 24.2 Å². The topological polar surface area (TPSA) is 26.3 Å². The predicted molar refractivity (Wildman–Crippen MR) is 36.5 cm³/mol. The number of ether oxygens (including phenoxy) is 1. The van der Waals surface area contributed by atoms with Crippen LogP contribution in [-0.4, -0.2) is 18.8 Å². The molecular weight excluding hydrogens is 173 g/mol. The Kier molecular flexibility index (Phi) is 3.12. The monoisotopic (exact) mass is 184 g/mol. The van der Waals surface area contributed by atoms with Gasteiger partial charge in [0, 0.05) is 0 Å². The van der Waals surface area contributed by atoms with Gasteiger partial charge < -0.3 is 4.74 Å². The molecule has 0 aliphatic rings. The van der Waals surface area contributed by atoms with E-state index in [1.807, 2.05) is 0 Å². The first-order valence-electron chi connectivity index (χ1n) is 3.37. The van der Waals surface area contributed by atoms with Gasteiger partial charge >= 0.3 is 12.1 Å². The van der Waals surface area contributed by atoms with Gasteiger partial charge in [0.25, 0.3) is 0 Å². The number of halogens is 3. The molecule has 0 aliphatic carbocycles. The quantitative estimate of drug-likeness (QED) is 0.583. The van der Waals surface area contributed by atoms with Crippen LogP contribution in [0.5, 0.6) is 0 Å². The molecule has 0 aromatic heterocycles. The molecule has 72 valence electrons. The first-order chi connectivity index (χ1) is 5.13. The Hall–Kier alpha value is -0.740. The van der Waals surface area contributed by atoms with Gasteiger partial charge in [0.1, 0.15) is 0 Å². The number of carbonyl (C=O) groups excluding carboxylic acids is 1. The molecule has 0 aromatic carbocycles. The lowest BCUT2D eigenvalue weighted by atomic mass is 9.97. The largest absolute Gasteiger partial charge is 0.456 e. The third kappa shape index (κ3) is 4.98.